The second-order valence-corrected chi connectivity index (χ2v) is 6.00. The van der Waals surface area contributed by atoms with Gasteiger partial charge in [-0.05, 0) is 25.3 Å². The summed E-state index contributed by atoms with van der Waals surface area (Å²) in [5.74, 6) is -0.00939. The molecule has 1 unspecified atom stereocenters. The van der Waals surface area contributed by atoms with Crippen molar-refractivity contribution in [1.82, 2.24) is 14.1 Å². The van der Waals surface area contributed by atoms with Crippen molar-refractivity contribution >= 4 is 57.6 Å². The average Bonchev–Trinajstić information content (AvgIpc) is 2.81. The van der Waals surface area contributed by atoms with Gasteiger partial charge in [0.15, 0.2) is 0 Å². The zero-order chi connectivity index (χ0) is 14.1. The molecular weight excluding hydrogens is 319 g/mol. The number of nitrogens with zero attached hydrogens (tertiary/aromatic N) is 2. The van der Waals surface area contributed by atoms with Crippen LogP contribution < -0.4 is 10.6 Å². The highest BCUT2D eigenvalue weighted by atomic mass is 35.5. The highest BCUT2D eigenvalue weighted by Crippen LogP contribution is 2.35. The Morgan fingerprint density at radius 3 is 2.90 bits per heavy atom. The number of halogens is 2. The second kappa shape index (κ2) is 5.71. The lowest BCUT2D eigenvalue weighted by Crippen LogP contribution is -2.38. The Morgan fingerprint density at radius 1 is 1.25 bits per heavy atom. The third-order valence-corrected chi connectivity index (χ3v) is 4.41. The summed E-state index contributed by atoms with van der Waals surface area (Å²) >= 11 is 13.4. The van der Waals surface area contributed by atoms with Gasteiger partial charge in [-0.15, -0.1) is 0 Å². The molecule has 1 aromatic carbocycles. The van der Waals surface area contributed by atoms with Gasteiger partial charge in [-0.25, -0.2) is 0 Å². The minimum absolute atomic E-state index is 0.00939. The first kappa shape index (κ1) is 13.9. The van der Waals surface area contributed by atoms with Crippen LogP contribution in [-0.4, -0.2) is 27.2 Å². The molecule has 1 fully saturated rings. The van der Waals surface area contributed by atoms with E-state index < -0.39 is 0 Å². The van der Waals surface area contributed by atoms with Crippen LogP contribution in [0.15, 0.2) is 6.07 Å². The van der Waals surface area contributed by atoms with Gasteiger partial charge in [-0.1, -0.05) is 23.2 Å². The van der Waals surface area contributed by atoms with Crippen molar-refractivity contribution in [3.63, 3.8) is 0 Å². The third kappa shape index (κ3) is 2.55. The molecular formula is C12H12Cl2N4OS. The first-order chi connectivity index (χ1) is 9.66. The number of anilines is 1. The van der Waals surface area contributed by atoms with Gasteiger partial charge in [0.25, 0.3) is 0 Å². The predicted octanol–water partition coefficient (Wildman–Crippen LogP) is 3.08. The quantitative estimate of drug-likeness (QED) is 0.887. The first-order valence-corrected chi connectivity index (χ1v) is 7.80. The fraction of sp³-hybridized carbons (Fsp3) is 0.417. The van der Waals surface area contributed by atoms with E-state index in [4.69, 9.17) is 23.2 Å². The number of hydrogen-bond donors (Lipinski definition) is 2. The van der Waals surface area contributed by atoms with E-state index in [1.54, 1.807) is 6.07 Å². The van der Waals surface area contributed by atoms with E-state index in [-0.39, 0.29) is 11.9 Å². The lowest BCUT2D eigenvalue weighted by Gasteiger charge is -2.17. The normalized spacial score (nSPS) is 19.7. The maximum Gasteiger partial charge on any atom is 0.242 e. The van der Waals surface area contributed by atoms with Gasteiger partial charge in [0, 0.05) is 6.54 Å². The fourth-order valence-electron chi connectivity index (χ4n) is 2.26. The van der Waals surface area contributed by atoms with E-state index in [2.05, 4.69) is 19.4 Å². The highest BCUT2D eigenvalue weighted by Gasteiger charge is 2.23. The summed E-state index contributed by atoms with van der Waals surface area (Å²) in [4.78, 5) is 12.0. The summed E-state index contributed by atoms with van der Waals surface area (Å²) in [7, 11) is 0. The molecule has 2 aromatic rings. The molecule has 5 nitrogen and oxygen atoms in total. The van der Waals surface area contributed by atoms with Gasteiger partial charge in [0.1, 0.15) is 17.1 Å². The number of nitrogens with one attached hydrogen (secondary N) is 2. The summed E-state index contributed by atoms with van der Waals surface area (Å²) < 4.78 is 8.37. The van der Waals surface area contributed by atoms with Gasteiger partial charge >= 0.3 is 0 Å². The molecule has 0 spiro atoms. The van der Waals surface area contributed by atoms with Gasteiger partial charge < -0.3 is 10.6 Å². The molecule has 0 bridgehead atoms. The number of benzene rings is 1. The van der Waals surface area contributed by atoms with Gasteiger partial charge in [-0.2, -0.15) is 8.75 Å². The summed E-state index contributed by atoms with van der Waals surface area (Å²) in [5.41, 5.74) is 1.85. The largest absolute Gasteiger partial charge is 0.371 e. The highest BCUT2D eigenvalue weighted by molar-refractivity contribution is 7.00. The van der Waals surface area contributed by atoms with Crippen molar-refractivity contribution in [1.29, 1.82) is 0 Å². The summed E-state index contributed by atoms with van der Waals surface area (Å²) in [6.45, 7) is 0.721. The van der Waals surface area contributed by atoms with E-state index in [9.17, 15) is 4.79 Å². The van der Waals surface area contributed by atoms with Crippen molar-refractivity contribution in [2.45, 2.75) is 25.3 Å². The third-order valence-electron chi connectivity index (χ3n) is 3.30. The Bertz CT molecular complexity index is 660. The monoisotopic (exact) mass is 330 g/mol. The first-order valence-electron chi connectivity index (χ1n) is 6.31. The molecule has 0 saturated carbocycles. The van der Waals surface area contributed by atoms with Crippen LogP contribution in [0.5, 0.6) is 0 Å². The van der Waals surface area contributed by atoms with Crippen LogP contribution in [-0.2, 0) is 4.79 Å². The number of carbonyl (C=O) groups is 1. The number of carbonyl (C=O) groups excluding carboxylic acids is 1. The molecule has 1 atom stereocenters. The molecule has 1 aromatic heterocycles. The molecule has 3 rings (SSSR count). The number of hydrogen-bond acceptors (Lipinski definition) is 5. The van der Waals surface area contributed by atoms with Crippen LogP contribution in [0, 0.1) is 0 Å². The minimum Gasteiger partial charge on any atom is -0.371 e. The predicted molar refractivity (Wildman–Crippen MR) is 81.7 cm³/mol. The Morgan fingerprint density at radius 2 is 2.05 bits per heavy atom. The fourth-order valence-corrected chi connectivity index (χ4v) is 3.43. The Kier molecular flexibility index (Phi) is 3.96. The Hall–Kier alpha value is -1.11. The molecule has 106 valence electrons. The van der Waals surface area contributed by atoms with E-state index in [1.165, 1.54) is 0 Å². The molecule has 8 heteroatoms. The SMILES string of the molecule is O=C1NCCCCC1Nc1c(Cl)cc(Cl)c2nsnc12. The Balaban J connectivity index is 1.97. The van der Waals surface area contributed by atoms with E-state index in [1.807, 2.05) is 0 Å². The number of amides is 1. The van der Waals surface area contributed by atoms with Crippen molar-refractivity contribution in [3.8, 4) is 0 Å². The van der Waals surface area contributed by atoms with Gasteiger partial charge in [-0.3, -0.25) is 4.79 Å². The maximum absolute atomic E-state index is 12.0. The van der Waals surface area contributed by atoms with Crippen LogP contribution in [0.25, 0.3) is 11.0 Å². The van der Waals surface area contributed by atoms with Gasteiger partial charge in [0.05, 0.1) is 27.5 Å². The van der Waals surface area contributed by atoms with Crippen molar-refractivity contribution in [2.24, 2.45) is 0 Å². The number of rotatable bonds is 2. The zero-order valence-corrected chi connectivity index (χ0v) is 12.8. The molecule has 1 aliphatic heterocycles. The van der Waals surface area contributed by atoms with Crippen molar-refractivity contribution in [3.05, 3.63) is 16.1 Å². The second-order valence-electron chi connectivity index (χ2n) is 4.66. The topological polar surface area (TPSA) is 66.9 Å². The van der Waals surface area contributed by atoms with Crippen molar-refractivity contribution in [2.75, 3.05) is 11.9 Å². The van der Waals surface area contributed by atoms with Crippen LogP contribution in [0.2, 0.25) is 10.0 Å². The lowest BCUT2D eigenvalue weighted by molar-refractivity contribution is -0.121. The number of aromatic nitrogens is 2. The minimum atomic E-state index is -0.305. The summed E-state index contributed by atoms with van der Waals surface area (Å²) in [5, 5.41) is 7.00. The number of fused-ring (bicyclic) bond motifs is 1. The molecule has 1 amide bonds. The molecule has 1 aliphatic rings. The molecule has 0 radical (unpaired) electrons. The van der Waals surface area contributed by atoms with Crippen LogP contribution in [0.4, 0.5) is 5.69 Å². The standard InChI is InChI=1S/C12H12Cl2N4OS/c13-6-5-7(14)10-11(18-20-17-10)9(6)16-8-3-1-2-4-15-12(8)19/h5,8,16H,1-4H2,(H,15,19). The summed E-state index contributed by atoms with van der Waals surface area (Å²) in [6.07, 6.45) is 2.75. The van der Waals surface area contributed by atoms with E-state index >= 15 is 0 Å². The summed E-state index contributed by atoms with van der Waals surface area (Å²) in [6, 6.07) is 1.32. The molecule has 0 aliphatic carbocycles. The van der Waals surface area contributed by atoms with E-state index in [0.717, 1.165) is 37.5 Å². The average molecular weight is 331 g/mol. The van der Waals surface area contributed by atoms with Crippen LogP contribution in [0.3, 0.4) is 0 Å². The van der Waals surface area contributed by atoms with Crippen LogP contribution in [0.1, 0.15) is 19.3 Å². The molecule has 2 heterocycles. The smallest absolute Gasteiger partial charge is 0.242 e. The van der Waals surface area contributed by atoms with Crippen LogP contribution >= 0.6 is 34.9 Å². The van der Waals surface area contributed by atoms with Crippen molar-refractivity contribution < 1.29 is 4.79 Å². The molecule has 2 N–H and O–H groups in total. The molecule has 20 heavy (non-hydrogen) atoms. The van der Waals surface area contributed by atoms with E-state index in [0.29, 0.717) is 26.8 Å². The Labute approximate surface area is 130 Å². The lowest BCUT2D eigenvalue weighted by atomic mass is 10.1. The van der Waals surface area contributed by atoms with Gasteiger partial charge in [0.2, 0.25) is 5.91 Å². The zero-order valence-electron chi connectivity index (χ0n) is 10.4. The maximum atomic E-state index is 12.0. The molecule has 1 saturated heterocycles.